The number of rotatable bonds is 10. The van der Waals surface area contributed by atoms with Gasteiger partial charge >= 0.3 is 6.18 Å². The number of hydrogen-bond donors (Lipinski definition) is 0. The first-order valence-electron chi connectivity index (χ1n) is 9.21. The lowest BCUT2D eigenvalue weighted by atomic mass is 10.1. The summed E-state index contributed by atoms with van der Waals surface area (Å²) in [6, 6.07) is 13.6. The van der Waals surface area contributed by atoms with E-state index < -0.39 is 22.9 Å². The molecule has 11 heteroatoms. The molecule has 0 aliphatic heterocycles. The Hall–Kier alpha value is -2.95. The van der Waals surface area contributed by atoms with Crippen molar-refractivity contribution >= 4 is 17.0 Å². The number of alkyl halides is 3. The second-order valence-electron chi connectivity index (χ2n) is 6.42. The fourth-order valence-electron chi connectivity index (χ4n) is 2.60. The van der Waals surface area contributed by atoms with E-state index >= 15 is 0 Å². The molecule has 0 fully saturated rings. The maximum atomic E-state index is 12.8. The SMILES string of the molecule is CN(CC[C@@H](Oc1ccc(C(F)(F)F)cc1)c1ccccc1)C(=O)SCCO[N+](=O)[O-]. The molecule has 0 N–H and O–H groups in total. The molecule has 1 amide bonds. The van der Waals surface area contributed by atoms with Crippen LogP contribution in [0.1, 0.15) is 23.7 Å². The second-order valence-corrected chi connectivity index (χ2v) is 7.47. The molecule has 0 heterocycles. The van der Waals surface area contributed by atoms with E-state index in [1.165, 1.54) is 17.0 Å². The minimum absolute atomic E-state index is 0.133. The number of halogens is 3. The summed E-state index contributed by atoms with van der Waals surface area (Å²) >= 11 is 0.892. The van der Waals surface area contributed by atoms with Crippen LogP contribution in [0.4, 0.5) is 18.0 Å². The van der Waals surface area contributed by atoms with Crippen LogP contribution in [-0.2, 0) is 11.0 Å². The molecule has 0 unspecified atom stereocenters. The van der Waals surface area contributed by atoms with Crippen molar-refractivity contribution in [3.8, 4) is 5.75 Å². The fourth-order valence-corrected chi connectivity index (χ4v) is 3.25. The van der Waals surface area contributed by atoms with Crippen molar-refractivity contribution in [2.45, 2.75) is 18.7 Å². The van der Waals surface area contributed by atoms with Crippen molar-refractivity contribution in [2.24, 2.45) is 0 Å². The van der Waals surface area contributed by atoms with E-state index in [4.69, 9.17) is 4.74 Å². The Balaban J connectivity index is 1.98. The smallest absolute Gasteiger partial charge is 0.416 e. The van der Waals surface area contributed by atoms with Gasteiger partial charge in [-0.2, -0.15) is 13.2 Å². The molecule has 1 atom stereocenters. The number of carbonyl (C=O) groups excluding carboxylic acids is 1. The lowest BCUT2D eigenvalue weighted by molar-refractivity contribution is -0.756. The minimum Gasteiger partial charge on any atom is -0.486 e. The van der Waals surface area contributed by atoms with Crippen molar-refractivity contribution < 1.29 is 32.6 Å². The van der Waals surface area contributed by atoms with Crippen molar-refractivity contribution in [1.82, 2.24) is 4.90 Å². The highest BCUT2D eigenvalue weighted by molar-refractivity contribution is 8.13. The summed E-state index contributed by atoms with van der Waals surface area (Å²) in [5, 5.41) is 8.91. The number of carbonyl (C=O) groups is 1. The standard InChI is InChI=1S/C20H21F3N2O5S/c1-24(19(26)31-14-13-29-25(27)28)12-11-18(15-5-3-2-4-6-15)30-17-9-7-16(8-10-17)20(21,22)23/h2-10,18H,11-14H2,1H3/t18-/m1/s1. The van der Waals surface area contributed by atoms with Gasteiger partial charge in [-0.1, -0.05) is 42.1 Å². The third kappa shape index (κ3) is 8.36. The molecule has 0 saturated heterocycles. The predicted molar refractivity (Wildman–Crippen MR) is 109 cm³/mol. The molecule has 168 valence electrons. The predicted octanol–water partition coefficient (Wildman–Crippen LogP) is 5.21. The topological polar surface area (TPSA) is 81.9 Å². The molecule has 0 saturated carbocycles. The molecule has 2 aromatic carbocycles. The largest absolute Gasteiger partial charge is 0.486 e. The zero-order chi connectivity index (χ0) is 22.9. The van der Waals surface area contributed by atoms with Crippen LogP contribution in [0.15, 0.2) is 54.6 Å². The average Bonchev–Trinajstić information content (AvgIpc) is 2.74. The summed E-state index contributed by atoms with van der Waals surface area (Å²) in [5.41, 5.74) is 0.0507. The number of hydrogen-bond acceptors (Lipinski definition) is 6. The van der Waals surface area contributed by atoms with Gasteiger partial charge in [0.25, 0.3) is 10.3 Å². The highest BCUT2D eigenvalue weighted by Crippen LogP contribution is 2.32. The van der Waals surface area contributed by atoms with E-state index in [1.807, 2.05) is 30.3 Å². The van der Waals surface area contributed by atoms with Crippen molar-refractivity contribution in [3.05, 3.63) is 75.8 Å². The third-order valence-electron chi connectivity index (χ3n) is 4.18. The first-order valence-corrected chi connectivity index (χ1v) is 10.2. The van der Waals surface area contributed by atoms with Gasteiger partial charge < -0.3 is 14.5 Å². The Labute approximate surface area is 181 Å². The highest BCUT2D eigenvalue weighted by Gasteiger charge is 2.30. The average molecular weight is 458 g/mol. The summed E-state index contributed by atoms with van der Waals surface area (Å²) < 4.78 is 44.2. The van der Waals surface area contributed by atoms with E-state index in [2.05, 4.69) is 4.84 Å². The normalized spacial score (nSPS) is 12.1. The van der Waals surface area contributed by atoms with Gasteiger partial charge in [0.15, 0.2) is 0 Å². The van der Waals surface area contributed by atoms with Crippen LogP contribution in [0.25, 0.3) is 0 Å². The van der Waals surface area contributed by atoms with E-state index in [0.717, 1.165) is 29.5 Å². The number of amides is 1. The first kappa shape index (κ1) is 24.3. The van der Waals surface area contributed by atoms with Crippen molar-refractivity contribution in [2.75, 3.05) is 26.0 Å². The van der Waals surface area contributed by atoms with E-state index in [0.29, 0.717) is 13.0 Å². The molecular formula is C20H21F3N2O5S. The van der Waals surface area contributed by atoms with Crippen molar-refractivity contribution in [3.63, 3.8) is 0 Å². The van der Waals surface area contributed by atoms with Gasteiger partial charge in [0.1, 0.15) is 18.5 Å². The summed E-state index contributed by atoms with van der Waals surface area (Å²) in [4.78, 5) is 27.9. The molecular weight excluding hydrogens is 437 g/mol. The fraction of sp³-hybridized carbons (Fsp3) is 0.350. The van der Waals surface area contributed by atoms with Gasteiger partial charge in [0.05, 0.1) is 5.56 Å². The molecule has 0 bridgehead atoms. The van der Waals surface area contributed by atoms with Crippen LogP contribution in [0.5, 0.6) is 5.75 Å². The van der Waals surface area contributed by atoms with Gasteiger partial charge in [-0.15, -0.1) is 10.1 Å². The number of benzene rings is 2. The monoisotopic (exact) mass is 458 g/mol. The Morgan fingerprint density at radius 1 is 1.16 bits per heavy atom. The molecule has 2 aromatic rings. The van der Waals surface area contributed by atoms with Gasteiger partial charge in [-0.25, -0.2) is 0 Å². The van der Waals surface area contributed by atoms with E-state index in [9.17, 15) is 28.1 Å². The summed E-state index contributed by atoms with van der Waals surface area (Å²) in [6.07, 6.45) is -4.53. The van der Waals surface area contributed by atoms with E-state index in [1.54, 1.807) is 7.05 Å². The molecule has 0 radical (unpaired) electrons. The molecule has 31 heavy (non-hydrogen) atoms. The summed E-state index contributed by atoms with van der Waals surface area (Å²) in [5.74, 6) is 0.413. The highest BCUT2D eigenvalue weighted by atomic mass is 32.2. The molecule has 2 rings (SSSR count). The minimum atomic E-state index is -4.43. The van der Waals surface area contributed by atoms with Gasteiger partial charge in [-0.05, 0) is 29.8 Å². The Kier molecular flexibility index (Phi) is 8.98. The Morgan fingerprint density at radius 3 is 2.39 bits per heavy atom. The van der Waals surface area contributed by atoms with Gasteiger partial charge in [0.2, 0.25) is 0 Å². The zero-order valence-electron chi connectivity index (χ0n) is 16.6. The number of thioether (sulfide) groups is 1. The third-order valence-corrected chi connectivity index (χ3v) is 5.10. The first-order chi connectivity index (χ1) is 14.7. The van der Waals surface area contributed by atoms with Crippen LogP contribution < -0.4 is 4.74 Å². The molecule has 0 aliphatic rings. The molecule has 7 nitrogen and oxygen atoms in total. The van der Waals surface area contributed by atoms with Crippen molar-refractivity contribution in [1.29, 1.82) is 0 Å². The van der Waals surface area contributed by atoms with Crippen LogP contribution in [0.2, 0.25) is 0 Å². The lowest BCUT2D eigenvalue weighted by Crippen LogP contribution is -2.26. The van der Waals surface area contributed by atoms with Crippen LogP contribution in [-0.4, -0.2) is 41.2 Å². The molecule has 0 spiro atoms. The van der Waals surface area contributed by atoms with Gasteiger partial charge in [0, 0.05) is 25.8 Å². The lowest BCUT2D eigenvalue weighted by Gasteiger charge is -2.23. The van der Waals surface area contributed by atoms with E-state index in [-0.39, 0.29) is 23.3 Å². The Morgan fingerprint density at radius 2 is 1.81 bits per heavy atom. The van der Waals surface area contributed by atoms with Crippen LogP contribution >= 0.6 is 11.8 Å². The Bertz CT molecular complexity index is 850. The molecule has 0 aliphatic carbocycles. The maximum Gasteiger partial charge on any atom is 0.416 e. The number of ether oxygens (including phenoxy) is 1. The quantitative estimate of drug-likeness (QED) is 0.276. The summed E-state index contributed by atoms with van der Waals surface area (Å²) in [6.45, 7) is 0.114. The van der Waals surface area contributed by atoms with Crippen LogP contribution in [0, 0.1) is 10.1 Å². The zero-order valence-corrected chi connectivity index (χ0v) is 17.4. The van der Waals surface area contributed by atoms with Crippen LogP contribution in [0.3, 0.4) is 0 Å². The molecule has 0 aromatic heterocycles. The summed E-state index contributed by atoms with van der Waals surface area (Å²) in [7, 11) is 1.59. The number of nitrogens with zero attached hydrogens (tertiary/aromatic N) is 2. The second kappa shape index (κ2) is 11.4. The van der Waals surface area contributed by atoms with Gasteiger partial charge in [-0.3, -0.25) is 4.79 Å². The maximum absolute atomic E-state index is 12.8.